The first-order chi connectivity index (χ1) is 7.76. The van der Waals surface area contributed by atoms with Crippen molar-refractivity contribution < 1.29 is 13.2 Å². The highest BCUT2D eigenvalue weighted by molar-refractivity contribution is 7.92. The van der Waals surface area contributed by atoms with Gasteiger partial charge in [-0.2, -0.15) is 0 Å². The second-order valence-electron chi connectivity index (χ2n) is 3.92. The Kier molecular flexibility index (Phi) is 4.47. The summed E-state index contributed by atoms with van der Waals surface area (Å²) in [6.07, 6.45) is 1.21. The fraction of sp³-hybridized carbons (Fsp3) is 0.556. The molecule has 0 saturated heterocycles. The molecule has 0 aliphatic rings. The van der Waals surface area contributed by atoms with E-state index in [1.165, 1.54) is 0 Å². The molecule has 1 amide bonds. The average Bonchev–Trinajstić information content (AvgIpc) is 2.46. The van der Waals surface area contributed by atoms with Gasteiger partial charge in [-0.1, -0.05) is 0 Å². The van der Waals surface area contributed by atoms with Crippen LogP contribution in [0.25, 0.3) is 0 Å². The van der Waals surface area contributed by atoms with E-state index in [1.54, 1.807) is 5.38 Å². The van der Waals surface area contributed by atoms with Gasteiger partial charge in [-0.25, -0.2) is 13.4 Å². The number of amides is 1. The molecule has 0 spiro atoms. The molecular weight excluding hydrogens is 262 g/mol. The van der Waals surface area contributed by atoms with Gasteiger partial charge < -0.3 is 5.32 Å². The number of hydrogen-bond donors (Lipinski definition) is 2. The predicted octanol–water partition coefficient (Wildman–Crippen LogP) is 0.582. The van der Waals surface area contributed by atoms with Crippen molar-refractivity contribution in [3.05, 3.63) is 11.1 Å². The first kappa shape index (κ1) is 13.9. The first-order valence-electron chi connectivity index (χ1n) is 4.98. The van der Waals surface area contributed by atoms with E-state index in [0.29, 0.717) is 5.69 Å². The number of carbonyl (C=O) groups is 1. The number of sulfonamides is 1. The molecule has 0 radical (unpaired) electrons. The van der Waals surface area contributed by atoms with E-state index in [4.69, 9.17) is 0 Å². The Morgan fingerprint density at radius 3 is 2.71 bits per heavy atom. The van der Waals surface area contributed by atoms with Gasteiger partial charge in [0.05, 0.1) is 18.4 Å². The fourth-order valence-electron chi connectivity index (χ4n) is 1.13. The number of carbonyl (C=O) groups excluding carboxylic acids is 1. The molecule has 0 unspecified atom stereocenters. The topological polar surface area (TPSA) is 88.2 Å². The van der Waals surface area contributed by atoms with Crippen molar-refractivity contribution in [1.82, 2.24) is 10.3 Å². The maximum absolute atomic E-state index is 11.4. The van der Waals surface area contributed by atoms with Gasteiger partial charge >= 0.3 is 0 Å². The van der Waals surface area contributed by atoms with Gasteiger partial charge in [0.25, 0.3) is 0 Å². The molecule has 0 saturated carbocycles. The lowest BCUT2D eigenvalue weighted by Crippen LogP contribution is -2.31. The maximum Gasteiger partial charge on any atom is 0.231 e. The lowest BCUT2D eigenvalue weighted by Gasteiger charge is -2.06. The minimum absolute atomic E-state index is 0.0785. The minimum Gasteiger partial charge on any atom is -0.354 e. The summed E-state index contributed by atoms with van der Waals surface area (Å²) in [6.45, 7) is 3.74. The fourth-order valence-corrected chi connectivity index (χ4v) is 2.69. The van der Waals surface area contributed by atoms with Gasteiger partial charge in [-0.15, -0.1) is 11.3 Å². The molecule has 0 aromatic carbocycles. The van der Waals surface area contributed by atoms with E-state index in [1.807, 2.05) is 13.8 Å². The maximum atomic E-state index is 11.4. The molecular formula is C9H15N3O3S2. The zero-order valence-corrected chi connectivity index (χ0v) is 11.5. The average molecular weight is 277 g/mol. The van der Waals surface area contributed by atoms with Crippen LogP contribution < -0.4 is 10.0 Å². The summed E-state index contributed by atoms with van der Waals surface area (Å²) < 4.78 is 24.2. The smallest absolute Gasteiger partial charge is 0.231 e. The third kappa shape index (κ3) is 5.64. The van der Waals surface area contributed by atoms with Gasteiger partial charge in [0.15, 0.2) is 5.13 Å². The number of hydrogen-bond acceptors (Lipinski definition) is 5. The van der Waals surface area contributed by atoms with E-state index < -0.39 is 10.0 Å². The highest BCUT2D eigenvalue weighted by atomic mass is 32.2. The van der Waals surface area contributed by atoms with E-state index in [-0.39, 0.29) is 23.5 Å². The highest BCUT2D eigenvalue weighted by Crippen LogP contribution is 2.16. The summed E-state index contributed by atoms with van der Waals surface area (Å²) in [7, 11) is -3.31. The minimum atomic E-state index is -3.31. The molecule has 0 atom stereocenters. The number of anilines is 1. The van der Waals surface area contributed by atoms with Crippen LogP contribution in [0, 0.1) is 0 Å². The Morgan fingerprint density at radius 2 is 2.18 bits per heavy atom. The monoisotopic (exact) mass is 277 g/mol. The molecule has 1 aromatic rings. The largest absolute Gasteiger partial charge is 0.354 e. The molecule has 2 N–H and O–H groups in total. The van der Waals surface area contributed by atoms with Crippen molar-refractivity contribution in [3.63, 3.8) is 0 Å². The van der Waals surface area contributed by atoms with Crippen LogP contribution in [0.2, 0.25) is 0 Å². The van der Waals surface area contributed by atoms with E-state index >= 15 is 0 Å². The summed E-state index contributed by atoms with van der Waals surface area (Å²) in [5, 5.41) is 4.67. The number of nitrogens with one attached hydrogen (secondary N) is 2. The van der Waals surface area contributed by atoms with Gasteiger partial charge in [0.2, 0.25) is 15.9 Å². The van der Waals surface area contributed by atoms with Gasteiger partial charge in [0, 0.05) is 11.4 Å². The van der Waals surface area contributed by atoms with E-state index in [2.05, 4.69) is 15.0 Å². The van der Waals surface area contributed by atoms with Crippen LogP contribution >= 0.6 is 11.3 Å². The standard InChI is InChI=1S/C9H15N3O3S2/c1-6(2)10-8(13)4-7-5-16-9(11-7)12-17(3,14)15/h5-6H,4H2,1-3H3,(H,10,13)(H,11,12). The molecule has 0 aliphatic carbocycles. The van der Waals surface area contributed by atoms with Crippen molar-refractivity contribution in [2.24, 2.45) is 0 Å². The van der Waals surface area contributed by atoms with Crippen LogP contribution in [0.4, 0.5) is 5.13 Å². The van der Waals surface area contributed by atoms with Gasteiger partial charge in [0.1, 0.15) is 0 Å². The summed E-state index contributed by atoms with van der Waals surface area (Å²) >= 11 is 1.16. The van der Waals surface area contributed by atoms with Crippen molar-refractivity contribution in [1.29, 1.82) is 0 Å². The Morgan fingerprint density at radius 1 is 1.53 bits per heavy atom. The zero-order chi connectivity index (χ0) is 13.1. The normalized spacial score (nSPS) is 11.5. The summed E-state index contributed by atoms with van der Waals surface area (Å²) in [4.78, 5) is 15.4. The third-order valence-electron chi connectivity index (χ3n) is 1.62. The van der Waals surface area contributed by atoms with Crippen molar-refractivity contribution in [2.75, 3.05) is 11.0 Å². The quantitative estimate of drug-likeness (QED) is 0.824. The van der Waals surface area contributed by atoms with Gasteiger partial charge in [-0.05, 0) is 13.8 Å². The SMILES string of the molecule is CC(C)NC(=O)Cc1csc(NS(C)(=O)=O)n1. The molecule has 1 aromatic heterocycles. The summed E-state index contributed by atoms with van der Waals surface area (Å²) in [6, 6.07) is 0.0785. The number of thiazole rings is 1. The highest BCUT2D eigenvalue weighted by Gasteiger charge is 2.10. The van der Waals surface area contributed by atoms with Crippen molar-refractivity contribution in [2.45, 2.75) is 26.3 Å². The molecule has 1 heterocycles. The number of nitrogens with zero attached hydrogens (tertiary/aromatic N) is 1. The third-order valence-corrected chi connectivity index (χ3v) is 3.12. The van der Waals surface area contributed by atoms with Crippen LogP contribution in [0.5, 0.6) is 0 Å². The molecule has 0 bridgehead atoms. The number of aromatic nitrogens is 1. The second kappa shape index (κ2) is 5.46. The zero-order valence-electron chi connectivity index (χ0n) is 9.85. The van der Waals surface area contributed by atoms with Crippen LogP contribution in [-0.2, 0) is 21.2 Å². The van der Waals surface area contributed by atoms with Crippen molar-refractivity contribution in [3.8, 4) is 0 Å². The second-order valence-corrected chi connectivity index (χ2v) is 6.52. The van der Waals surface area contributed by atoms with Crippen molar-refractivity contribution >= 4 is 32.4 Å². The Balaban J connectivity index is 2.60. The van der Waals surface area contributed by atoms with Gasteiger partial charge in [-0.3, -0.25) is 9.52 Å². The number of rotatable bonds is 5. The summed E-state index contributed by atoms with van der Waals surface area (Å²) in [5.41, 5.74) is 0.555. The van der Waals surface area contributed by atoms with Crippen LogP contribution in [0.3, 0.4) is 0 Å². The molecule has 17 heavy (non-hydrogen) atoms. The van der Waals surface area contributed by atoms with Crippen LogP contribution in [-0.4, -0.2) is 31.6 Å². The van der Waals surface area contributed by atoms with Crippen LogP contribution in [0.1, 0.15) is 19.5 Å². The van der Waals surface area contributed by atoms with Crippen LogP contribution in [0.15, 0.2) is 5.38 Å². The molecule has 96 valence electrons. The Hall–Kier alpha value is -1.15. The Labute approximate surface area is 105 Å². The van der Waals surface area contributed by atoms with E-state index in [0.717, 1.165) is 17.6 Å². The Bertz CT molecular complexity index is 493. The summed E-state index contributed by atoms with van der Waals surface area (Å²) in [5.74, 6) is -0.129. The molecule has 0 aliphatic heterocycles. The first-order valence-corrected chi connectivity index (χ1v) is 7.75. The molecule has 6 nitrogen and oxygen atoms in total. The molecule has 1 rings (SSSR count). The molecule has 8 heteroatoms. The predicted molar refractivity (Wildman–Crippen MR) is 67.6 cm³/mol. The lowest BCUT2D eigenvalue weighted by atomic mass is 10.3. The lowest BCUT2D eigenvalue weighted by molar-refractivity contribution is -0.120. The molecule has 0 fully saturated rings. The van der Waals surface area contributed by atoms with E-state index in [9.17, 15) is 13.2 Å².